The van der Waals surface area contributed by atoms with Gasteiger partial charge in [0.25, 0.3) is 0 Å². The third-order valence-electron chi connectivity index (χ3n) is 3.48. The van der Waals surface area contributed by atoms with Crippen LogP contribution in [0.3, 0.4) is 0 Å². The van der Waals surface area contributed by atoms with Crippen molar-refractivity contribution in [2.75, 3.05) is 10.6 Å². The first-order valence-electron chi connectivity index (χ1n) is 8.01. The Balaban J connectivity index is 1.35. The SMILES string of the molecule is O=C(Nc1ccn(Cc2cccnc2)n1)Nc1nnc(-c2ccccn2)s1. The van der Waals surface area contributed by atoms with Gasteiger partial charge < -0.3 is 0 Å². The highest BCUT2D eigenvalue weighted by Crippen LogP contribution is 2.24. The molecule has 0 radical (unpaired) electrons. The molecule has 0 bridgehead atoms. The van der Waals surface area contributed by atoms with Gasteiger partial charge in [-0.25, -0.2) is 4.79 Å². The Kier molecular flexibility index (Phi) is 4.79. The van der Waals surface area contributed by atoms with E-state index in [2.05, 4.69) is 35.9 Å². The molecule has 4 aromatic heterocycles. The summed E-state index contributed by atoms with van der Waals surface area (Å²) < 4.78 is 1.72. The highest BCUT2D eigenvalue weighted by molar-refractivity contribution is 7.18. The molecule has 0 atom stereocenters. The number of urea groups is 1. The third-order valence-corrected chi connectivity index (χ3v) is 4.34. The Morgan fingerprint density at radius 1 is 1.07 bits per heavy atom. The molecule has 27 heavy (non-hydrogen) atoms. The maximum absolute atomic E-state index is 12.1. The maximum Gasteiger partial charge on any atom is 0.326 e. The van der Waals surface area contributed by atoms with Gasteiger partial charge in [-0.2, -0.15) is 5.10 Å². The van der Waals surface area contributed by atoms with Crippen molar-refractivity contribution in [3.05, 3.63) is 66.7 Å². The standard InChI is InChI=1S/C17H14N8OS/c26-16(21-17-23-22-15(27-17)13-5-1-2-8-19-13)20-14-6-9-25(24-14)11-12-4-3-7-18-10-12/h1-10H,11H2,(H2,20,21,23,24,26). The van der Waals surface area contributed by atoms with Gasteiger partial charge in [-0.15, -0.1) is 10.2 Å². The number of pyridine rings is 2. The zero-order valence-electron chi connectivity index (χ0n) is 14.0. The summed E-state index contributed by atoms with van der Waals surface area (Å²) in [4.78, 5) is 20.4. The topological polar surface area (TPSA) is 111 Å². The highest BCUT2D eigenvalue weighted by Gasteiger charge is 2.11. The molecule has 0 aromatic carbocycles. The van der Waals surface area contributed by atoms with Crippen molar-refractivity contribution in [3.63, 3.8) is 0 Å². The summed E-state index contributed by atoms with van der Waals surface area (Å²) >= 11 is 1.24. The number of aromatic nitrogens is 6. The highest BCUT2D eigenvalue weighted by atomic mass is 32.1. The van der Waals surface area contributed by atoms with E-state index in [4.69, 9.17) is 0 Å². The Labute approximate surface area is 158 Å². The van der Waals surface area contributed by atoms with Crippen molar-refractivity contribution in [2.24, 2.45) is 0 Å². The van der Waals surface area contributed by atoms with Crippen LogP contribution in [0.4, 0.5) is 15.7 Å². The van der Waals surface area contributed by atoms with E-state index in [0.717, 1.165) is 5.56 Å². The number of hydrogen-bond acceptors (Lipinski definition) is 7. The number of nitrogens with one attached hydrogen (secondary N) is 2. The lowest BCUT2D eigenvalue weighted by atomic mass is 10.3. The van der Waals surface area contributed by atoms with Crippen molar-refractivity contribution < 1.29 is 4.79 Å². The van der Waals surface area contributed by atoms with Gasteiger partial charge >= 0.3 is 6.03 Å². The molecule has 2 N–H and O–H groups in total. The molecule has 0 unspecified atom stereocenters. The summed E-state index contributed by atoms with van der Waals surface area (Å²) in [6.45, 7) is 0.570. The van der Waals surface area contributed by atoms with Gasteiger partial charge in [0.1, 0.15) is 5.69 Å². The predicted octanol–water partition coefficient (Wildman–Crippen LogP) is 2.88. The number of amides is 2. The molecular formula is C17H14N8OS. The Morgan fingerprint density at radius 2 is 2.04 bits per heavy atom. The molecular weight excluding hydrogens is 364 g/mol. The minimum atomic E-state index is -0.439. The lowest BCUT2D eigenvalue weighted by molar-refractivity contribution is 0.262. The summed E-state index contributed by atoms with van der Waals surface area (Å²) in [6.07, 6.45) is 6.96. The average molecular weight is 378 g/mol. The van der Waals surface area contributed by atoms with Gasteiger partial charge in [-0.05, 0) is 23.8 Å². The van der Waals surface area contributed by atoms with Crippen LogP contribution in [0.25, 0.3) is 10.7 Å². The lowest BCUT2D eigenvalue weighted by Crippen LogP contribution is -2.19. The first-order chi connectivity index (χ1) is 13.3. The van der Waals surface area contributed by atoms with E-state index >= 15 is 0 Å². The zero-order chi connectivity index (χ0) is 18.5. The Bertz CT molecular complexity index is 1030. The van der Waals surface area contributed by atoms with Crippen molar-refractivity contribution >= 4 is 28.3 Å². The van der Waals surface area contributed by atoms with E-state index in [0.29, 0.717) is 28.2 Å². The fourth-order valence-electron chi connectivity index (χ4n) is 2.31. The van der Waals surface area contributed by atoms with E-state index < -0.39 is 6.03 Å². The predicted molar refractivity (Wildman–Crippen MR) is 101 cm³/mol. The first-order valence-corrected chi connectivity index (χ1v) is 8.83. The van der Waals surface area contributed by atoms with Gasteiger partial charge in [0.05, 0.1) is 6.54 Å². The van der Waals surface area contributed by atoms with Crippen molar-refractivity contribution in [3.8, 4) is 10.7 Å². The molecule has 9 nitrogen and oxygen atoms in total. The third kappa shape index (κ3) is 4.30. The van der Waals surface area contributed by atoms with Crippen LogP contribution in [0.15, 0.2) is 61.2 Å². The van der Waals surface area contributed by atoms with Gasteiger partial charge in [0.2, 0.25) is 5.13 Å². The Morgan fingerprint density at radius 3 is 2.85 bits per heavy atom. The average Bonchev–Trinajstić information content (AvgIpc) is 3.33. The van der Waals surface area contributed by atoms with Crippen LogP contribution in [-0.2, 0) is 6.54 Å². The number of rotatable bonds is 5. The monoisotopic (exact) mass is 378 g/mol. The van der Waals surface area contributed by atoms with Crippen molar-refractivity contribution in [2.45, 2.75) is 6.54 Å². The molecule has 4 heterocycles. The molecule has 0 spiro atoms. The number of carbonyl (C=O) groups excluding carboxylic acids is 1. The summed E-state index contributed by atoms with van der Waals surface area (Å²) in [5.74, 6) is 0.436. The summed E-state index contributed by atoms with van der Waals surface area (Å²) in [6, 6.07) is 10.6. The molecule has 0 aliphatic rings. The second kappa shape index (κ2) is 7.70. The van der Waals surface area contributed by atoms with Gasteiger partial charge in [0.15, 0.2) is 10.8 Å². The summed E-state index contributed by atoms with van der Waals surface area (Å²) in [5.41, 5.74) is 1.73. The smallest absolute Gasteiger partial charge is 0.291 e. The van der Waals surface area contributed by atoms with Gasteiger partial charge in [-0.1, -0.05) is 23.5 Å². The van der Waals surface area contributed by atoms with Crippen molar-refractivity contribution in [1.29, 1.82) is 0 Å². The minimum absolute atomic E-state index is 0.378. The van der Waals surface area contributed by atoms with Gasteiger partial charge in [0, 0.05) is 30.9 Å². The molecule has 4 rings (SSSR count). The maximum atomic E-state index is 12.1. The van der Waals surface area contributed by atoms with Crippen LogP contribution in [0, 0.1) is 0 Å². The number of hydrogen-bond donors (Lipinski definition) is 2. The molecule has 2 amide bonds. The second-order valence-electron chi connectivity index (χ2n) is 5.47. The van der Waals surface area contributed by atoms with Crippen LogP contribution in [0.1, 0.15) is 5.56 Å². The number of nitrogens with zero attached hydrogens (tertiary/aromatic N) is 6. The van der Waals surface area contributed by atoms with E-state index in [1.165, 1.54) is 11.3 Å². The van der Waals surface area contributed by atoms with E-state index in [1.807, 2.05) is 30.3 Å². The second-order valence-corrected chi connectivity index (χ2v) is 6.44. The lowest BCUT2D eigenvalue weighted by Gasteiger charge is -2.02. The van der Waals surface area contributed by atoms with Gasteiger partial charge in [-0.3, -0.25) is 25.3 Å². The fourth-order valence-corrected chi connectivity index (χ4v) is 3.02. The largest absolute Gasteiger partial charge is 0.326 e. The van der Waals surface area contributed by atoms with Crippen LogP contribution in [0.5, 0.6) is 0 Å². The molecule has 0 aliphatic carbocycles. The minimum Gasteiger partial charge on any atom is -0.291 e. The van der Waals surface area contributed by atoms with Crippen LogP contribution < -0.4 is 10.6 Å². The van der Waals surface area contributed by atoms with E-state index in [9.17, 15) is 4.79 Å². The molecule has 134 valence electrons. The van der Waals surface area contributed by atoms with Crippen LogP contribution in [-0.4, -0.2) is 36.0 Å². The molecule has 0 fully saturated rings. The summed E-state index contributed by atoms with van der Waals surface area (Å²) in [5, 5.41) is 18.6. The molecule has 10 heteroatoms. The zero-order valence-corrected chi connectivity index (χ0v) is 14.8. The fraction of sp³-hybridized carbons (Fsp3) is 0.0588. The normalized spacial score (nSPS) is 10.5. The number of carbonyl (C=O) groups is 1. The number of anilines is 2. The Hall–Kier alpha value is -3.66. The molecule has 4 aromatic rings. The van der Waals surface area contributed by atoms with Crippen LogP contribution in [0.2, 0.25) is 0 Å². The summed E-state index contributed by atoms with van der Waals surface area (Å²) in [7, 11) is 0. The van der Waals surface area contributed by atoms with Crippen molar-refractivity contribution in [1.82, 2.24) is 29.9 Å². The quantitative estimate of drug-likeness (QED) is 0.552. The molecule has 0 aliphatic heterocycles. The van der Waals surface area contributed by atoms with E-state index in [1.54, 1.807) is 35.5 Å². The molecule has 0 saturated carbocycles. The molecule has 0 saturated heterocycles. The van der Waals surface area contributed by atoms with Crippen LogP contribution >= 0.6 is 11.3 Å². The first kappa shape index (κ1) is 16.8. The van der Waals surface area contributed by atoms with E-state index in [-0.39, 0.29) is 0 Å².